The van der Waals surface area contributed by atoms with Gasteiger partial charge in [0, 0.05) is 11.1 Å². The van der Waals surface area contributed by atoms with E-state index in [1.807, 2.05) is 0 Å². The van der Waals surface area contributed by atoms with Crippen LogP contribution in [0, 0.1) is 0 Å². The molecule has 0 aliphatic carbocycles. The second kappa shape index (κ2) is 10.8. The first-order valence-electron chi connectivity index (χ1n) is 8.58. The molecule has 5 N–H and O–H groups in total. The van der Waals surface area contributed by atoms with Crippen molar-refractivity contribution in [2.75, 3.05) is 23.0 Å². The van der Waals surface area contributed by atoms with Crippen LogP contribution in [0.2, 0.25) is 0 Å². The zero-order chi connectivity index (χ0) is 23.6. The third-order valence-electron chi connectivity index (χ3n) is 4.41. The minimum absolute atomic E-state index is 0. The second-order valence-electron chi connectivity index (χ2n) is 6.47. The van der Waals surface area contributed by atoms with Gasteiger partial charge in [-0.05, 0) is 5.57 Å². The molecule has 18 heteroatoms. The Morgan fingerprint density at radius 2 is 2.12 bits per heavy atom. The van der Waals surface area contributed by atoms with Crippen LogP contribution in [0.3, 0.4) is 0 Å². The number of β-lactam (4-membered cyclic amide) rings is 1. The van der Waals surface area contributed by atoms with Gasteiger partial charge in [0.2, 0.25) is 0 Å². The van der Waals surface area contributed by atoms with E-state index in [0.717, 1.165) is 34.2 Å². The summed E-state index contributed by atoms with van der Waals surface area (Å²) in [5, 5.41) is 37.7. The number of anilines is 1. The average molecular weight is 527 g/mol. The molecule has 2 atom stereocenters. The first kappa shape index (κ1) is 27.1. The van der Waals surface area contributed by atoms with E-state index >= 15 is 0 Å². The van der Waals surface area contributed by atoms with Crippen molar-refractivity contribution in [2.45, 2.75) is 11.4 Å². The summed E-state index contributed by atoms with van der Waals surface area (Å²) in [7, 11) is -3.86. The number of aromatic nitrogens is 1. The molecule has 2 aliphatic heterocycles. The summed E-state index contributed by atoms with van der Waals surface area (Å²) >= 11 is 2.04. The van der Waals surface area contributed by atoms with E-state index in [9.17, 15) is 27.9 Å². The number of thioether (sulfide) groups is 1. The predicted octanol–water partition coefficient (Wildman–Crippen LogP) is -5.81. The number of oxime groups is 2. The van der Waals surface area contributed by atoms with Crippen LogP contribution < -0.4 is 45.7 Å². The number of nitrogens with zero attached hydrogens (tertiary/aromatic N) is 4. The monoisotopic (exact) mass is 526 g/mol. The van der Waals surface area contributed by atoms with Crippen molar-refractivity contribution in [1.29, 1.82) is 0 Å². The topological polar surface area (TPSA) is 228 Å². The van der Waals surface area contributed by atoms with Gasteiger partial charge >= 0.3 is 29.6 Å². The Hall–Kier alpha value is -2.18. The summed E-state index contributed by atoms with van der Waals surface area (Å²) in [4.78, 5) is 41.4. The summed E-state index contributed by atoms with van der Waals surface area (Å²) in [6, 6.07) is -1.16. The normalized spacial score (nSPS) is 20.8. The molecule has 1 unspecified atom stereocenters. The molecule has 0 saturated carbocycles. The summed E-state index contributed by atoms with van der Waals surface area (Å²) in [6.45, 7) is 0. The number of carbonyl (C=O) groups is 3. The number of sulfone groups is 1. The minimum Gasteiger partial charge on any atom is -0.543 e. The van der Waals surface area contributed by atoms with Crippen LogP contribution in [-0.4, -0.2) is 87.1 Å². The van der Waals surface area contributed by atoms with Crippen LogP contribution in [0.1, 0.15) is 5.69 Å². The molecule has 3 heterocycles. The Morgan fingerprint density at radius 3 is 2.67 bits per heavy atom. The number of carboxylic acids is 1. The Labute approximate surface area is 216 Å². The average Bonchev–Trinajstić information content (AvgIpc) is 3.16. The molecule has 0 spiro atoms. The molecule has 2 amide bonds. The van der Waals surface area contributed by atoms with Crippen LogP contribution >= 0.6 is 23.1 Å². The van der Waals surface area contributed by atoms with E-state index in [2.05, 4.69) is 20.6 Å². The Kier molecular flexibility index (Phi) is 8.88. The molecule has 1 fully saturated rings. The Balaban J connectivity index is 0.00000385. The minimum atomic E-state index is -3.86. The molecule has 3 rings (SSSR count). The number of thiazole rings is 1. The first-order valence-corrected chi connectivity index (χ1v) is 12.3. The van der Waals surface area contributed by atoms with Crippen molar-refractivity contribution in [3.05, 3.63) is 22.3 Å². The number of hydrogen-bond acceptors (Lipinski definition) is 14. The zero-order valence-electron chi connectivity index (χ0n) is 16.9. The van der Waals surface area contributed by atoms with Gasteiger partial charge < -0.3 is 31.4 Å². The number of fused-ring (bicyclic) bond motifs is 1. The van der Waals surface area contributed by atoms with Crippen LogP contribution in [0.15, 0.2) is 27.0 Å². The fourth-order valence-corrected chi connectivity index (χ4v) is 6.28. The molecule has 0 bridgehead atoms. The van der Waals surface area contributed by atoms with Gasteiger partial charge in [0.25, 0.3) is 11.8 Å². The number of nitrogens with one attached hydrogen (secondary N) is 1. The van der Waals surface area contributed by atoms with Crippen LogP contribution in [0.5, 0.6) is 0 Å². The quantitative estimate of drug-likeness (QED) is 0.0819. The summed E-state index contributed by atoms with van der Waals surface area (Å²) in [6.07, 6.45) is 0.740. The number of carboxylic acid groups (broad SMARTS) is 1. The van der Waals surface area contributed by atoms with Crippen molar-refractivity contribution in [2.24, 2.45) is 10.3 Å². The SMILES string of the molecule is Nc1nc(/C(=N/O)C(=O)NC2C(=O)N3C(C(=O)[O-])=C(CS(=O)(=O)CC=NO)CS[C@H]23)cs1.[Na+]. The van der Waals surface area contributed by atoms with Crippen molar-refractivity contribution in [1.82, 2.24) is 15.2 Å². The Bertz CT molecular complexity index is 1160. The number of nitrogen functional groups attached to an aromatic ring is 1. The molecule has 1 aromatic heterocycles. The first-order chi connectivity index (χ1) is 15.1. The van der Waals surface area contributed by atoms with E-state index in [-0.39, 0.29) is 51.7 Å². The molecule has 0 radical (unpaired) electrons. The molecule has 33 heavy (non-hydrogen) atoms. The standard InChI is InChI=1S/C15H16N6O8S3.Na/c16-15-18-7(4-31-15)8(20-27)11(22)19-9-12(23)21-10(14(24)25)6(3-30-13(9)21)5-32(28,29)2-1-17-26;/h1,4,9,13,26-27H,2-3,5H2,(H2,16,18)(H,19,22)(H,24,25);/q;+1/p-1/b17-1?,20-8-;/t9?,13-;/m1./s1. The third-order valence-corrected chi connectivity index (χ3v) is 7.87. The maximum Gasteiger partial charge on any atom is 1.00 e. The fourth-order valence-electron chi connectivity index (χ4n) is 3.07. The van der Waals surface area contributed by atoms with Crippen LogP contribution in [-0.2, 0) is 24.2 Å². The van der Waals surface area contributed by atoms with E-state index in [1.165, 1.54) is 5.38 Å². The number of rotatable bonds is 8. The number of carbonyl (C=O) groups excluding carboxylic acids is 3. The molecular weight excluding hydrogens is 511 g/mol. The largest absolute Gasteiger partial charge is 1.00 e. The van der Waals surface area contributed by atoms with Gasteiger partial charge in [-0.1, -0.05) is 5.16 Å². The predicted molar refractivity (Wildman–Crippen MR) is 111 cm³/mol. The van der Waals surface area contributed by atoms with Crippen LogP contribution in [0.25, 0.3) is 0 Å². The van der Waals surface area contributed by atoms with Gasteiger partial charge in [-0.15, -0.1) is 28.3 Å². The summed E-state index contributed by atoms with van der Waals surface area (Å²) in [5.74, 6) is -4.87. The molecule has 172 valence electrons. The molecule has 2 aliphatic rings. The van der Waals surface area contributed by atoms with Crippen molar-refractivity contribution < 1.29 is 67.9 Å². The zero-order valence-corrected chi connectivity index (χ0v) is 21.3. The maximum atomic E-state index is 12.6. The van der Waals surface area contributed by atoms with Gasteiger partial charge in [0.1, 0.15) is 17.1 Å². The van der Waals surface area contributed by atoms with Gasteiger partial charge in [-0.2, -0.15) is 0 Å². The number of aliphatic carboxylic acids is 1. The molecule has 1 aromatic rings. The molecule has 0 aromatic carbocycles. The van der Waals surface area contributed by atoms with Gasteiger partial charge in [-0.25, -0.2) is 13.4 Å². The van der Waals surface area contributed by atoms with Crippen molar-refractivity contribution in [3.63, 3.8) is 0 Å². The molecule has 14 nitrogen and oxygen atoms in total. The van der Waals surface area contributed by atoms with E-state index < -0.39 is 62.0 Å². The fraction of sp³-hybridized carbons (Fsp3) is 0.333. The molecule has 1 saturated heterocycles. The van der Waals surface area contributed by atoms with Crippen molar-refractivity contribution in [3.8, 4) is 0 Å². The summed E-state index contributed by atoms with van der Waals surface area (Å²) < 4.78 is 24.2. The van der Waals surface area contributed by atoms with Gasteiger partial charge in [0.15, 0.2) is 20.7 Å². The second-order valence-corrected chi connectivity index (χ2v) is 10.6. The third kappa shape index (κ3) is 5.67. The summed E-state index contributed by atoms with van der Waals surface area (Å²) in [5.41, 5.74) is 4.34. The van der Waals surface area contributed by atoms with Gasteiger partial charge in [-0.3, -0.25) is 14.5 Å². The molecular formula is C15H15N6NaO8S3. The smallest absolute Gasteiger partial charge is 0.543 e. The number of hydrogen-bond donors (Lipinski definition) is 4. The van der Waals surface area contributed by atoms with E-state index in [4.69, 9.17) is 16.1 Å². The van der Waals surface area contributed by atoms with Gasteiger partial charge in [0.05, 0.1) is 29.4 Å². The van der Waals surface area contributed by atoms with E-state index in [0.29, 0.717) is 0 Å². The van der Waals surface area contributed by atoms with Crippen LogP contribution in [0.4, 0.5) is 5.13 Å². The number of nitrogens with two attached hydrogens (primary N) is 1. The van der Waals surface area contributed by atoms with Crippen molar-refractivity contribution >= 4 is 67.8 Å². The maximum absolute atomic E-state index is 12.6. The van der Waals surface area contributed by atoms with E-state index in [1.54, 1.807) is 0 Å². The Morgan fingerprint density at radius 1 is 1.42 bits per heavy atom. The number of amides is 2.